The Morgan fingerprint density at radius 3 is 2.68 bits per heavy atom. The fraction of sp³-hybridized carbons (Fsp3) is 0.350. The van der Waals surface area contributed by atoms with Crippen LogP contribution in [0.2, 0.25) is 0 Å². The van der Waals surface area contributed by atoms with E-state index in [1.165, 1.54) is 10.4 Å². The predicted octanol–water partition coefficient (Wildman–Crippen LogP) is 4.53. The average Bonchev–Trinajstić information content (AvgIpc) is 3.32. The Hall–Kier alpha value is -1.52. The smallest absolute Gasteiger partial charge is 0.191 e. The summed E-state index contributed by atoms with van der Waals surface area (Å²) in [6.07, 6.45) is 3.67. The second-order valence-corrected chi connectivity index (χ2v) is 8.24. The van der Waals surface area contributed by atoms with E-state index in [0.717, 1.165) is 54.1 Å². The Morgan fingerprint density at radius 2 is 1.96 bits per heavy atom. The highest BCUT2D eigenvalue weighted by atomic mass is 127. The second kappa shape index (κ2) is 12.1. The van der Waals surface area contributed by atoms with Gasteiger partial charge in [0, 0.05) is 54.5 Å². The van der Waals surface area contributed by atoms with E-state index in [2.05, 4.69) is 52.0 Å². The van der Waals surface area contributed by atoms with Gasteiger partial charge >= 0.3 is 0 Å². The highest BCUT2D eigenvalue weighted by molar-refractivity contribution is 14.0. The SMILES string of the molecule is CCNC(=NCCc1ncc(C)s1)NCCc1csc(-c2ccccc2)n1.I. The zero-order valence-corrected chi connectivity index (χ0v) is 20.1. The highest BCUT2D eigenvalue weighted by Gasteiger charge is 2.05. The Kier molecular flexibility index (Phi) is 9.86. The Labute approximate surface area is 191 Å². The Balaban J connectivity index is 0.00000280. The standard InChI is InChI=1S/C20H25N5S2.HI/c1-3-21-20(23-12-10-18-24-13-15(2)27-18)22-11-9-17-14-26-19(25-17)16-7-5-4-6-8-16;/h4-8,13-14H,3,9-12H2,1-2H3,(H2,21,22,23);1H. The molecule has 3 rings (SSSR count). The lowest BCUT2D eigenvalue weighted by Gasteiger charge is -2.10. The number of thiazole rings is 2. The molecule has 0 radical (unpaired) electrons. The van der Waals surface area contributed by atoms with Gasteiger partial charge in [0.05, 0.1) is 10.7 Å². The van der Waals surface area contributed by atoms with Crippen LogP contribution in [0.1, 0.15) is 22.5 Å². The van der Waals surface area contributed by atoms with Gasteiger partial charge in [-0.2, -0.15) is 0 Å². The third kappa shape index (κ3) is 7.14. The summed E-state index contributed by atoms with van der Waals surface area (Å²) in [6.45, 7) is 6.54. The first-order chi connectivity index (χ1) is 13.2. The summed E-state index contributed by atoms with van der Waals surface area (Å²) < 4.78 is 0. The van der Waals surface area contributed by atoms with Gasteiger partial charge in [0.1, 0.15) is 5.01 Å². The maximum absolute atomic E-state index is 4.74. The summed E-state index contributed by atoms with van der Waals surface area (Å²) in [5.41, 5.74) is 2.29. The van der Waals surface area contributed by atoms with Crippen LogP contribution in [-0.4, -0.2) is 35.6 Å². The molecule has 1 aromatic carbocycles. The number of aryl methyl sites for hydroxylation is 1. The summed E-state index contributed by atoms with van der Waals surface area (Å²) in [6, 6.07) is 10.3. The summed E-state index contributed by atoms with van der Waals surface area (Å²) in [5, 5.41) is 11.0. The number of guanidine groups is 1. The first kappa shape index (κ1) is 22.8. The molecule has 0 bridgehead atoms. The van der Waals surface area contributed by atoms with Crippen LogP contribution < -0.4 is 10.6 Å². The van der Waals surface area contributed by atoms with Crippen molar-refractivity contribution in [3.63, 3.8) is 0 Å². The largest absolute Gasteiger partial charge is 0.357 e. The molecule has 0 unspecified atom stereocenters. The van der Waals surface area contributed by atoms with Crippen molar-refractivity contribution in [1.29, 1.82) is 0 Å². The highest BCUT2D eigenvalue weighted by Crippen LogP contribution is 2.23. The molecular formula is C20H26IN5S2. The molecule has 5 nitrogen and oxygen atoms in total. The van der Waals surface area contributed by atoms with Gasteiger partial charge in [0.2, 0.25) is 0 Å². The van der Waals surface area contributed by atoms with Gasteiger partial charge in [0.25, 0.3) is 0 Å². The molecule has 0 fully saturated rings. The Morgan fingerprint density at radius 1 is 1.14 bits per heavy atom. The van der Waals surface area contributed by atoms with Gasteiger partial charge in [-0.3, -0.25) is 4.99 Å². The van der Waals surface area contributed by atoms with E-state index in [9.17, 15) is 0 Å². The van der Waals surface area contributed by atoms with Crippen LogP contribution >= 0.6 is 46.7 Å². The van der Waals surface area contributed by atoms with Crippen molar-refractivity contribution < 1.29 is 0 Å². The van der Waals surface area contributed by atoms with Crippen molar-refractivity contribution in [3.05, 3.63) is 57.5 Å². The lowest BCUT2D eigenvalue weighted by molar-refractivity contribution is 0.788. The maximum Gasteiger partial charge on any atom is 0.191 e. The number of halogens is 1. The van der Waals surface area contributed by atoms with Crippen molar-refractivity contribution in [2.24, 2.45) is 4.99 Å². The van der Waals surface area contributed by atoms with Gasteiger partial charge in [0.15, 0.2) is 5.96 Å². The lowest BCUT2D eigenvalue weighted by Crippen LogP contribution is -2.38. The van der Waals surface area contributed by atoms with Crippen molar-refractivity contribution >= 4 is 52.6 Å². The maximum atomic E-state index is 4.74. The zero-order valence-electron chi connectivity index (χ0n) is 16.1. The molecule has 8 heteroatoms. The topological polar surface area (TPSA) is 62.2 Å². The van der Waals surface area contributed by atoms with Crippen LogP contribution in [0.15, 0.2) is 46.9 Å². The van der Waals surface area contributed by atoms with E-state index in [1.807, 2.05) is 24.4 Å². The van der Waals surface area contributed by atoms with Crippen LogP contribution in [-0.2, 0) is 12.8 Å². The van der Waals surface area contributed by atoms with Crippen molar-refractivity contribution in [2.75, 3.05) is 19.6 Å². The van der Waals surface area contributed by atoms with E-state index in [1.54, 1.807) is 22.7 Å². The molecule has 2 N–H and O–H groups in total. The third-order valence-electron chi connectivity index (χ3n) is 3.86. The molecule has 150 valence electrons. The normalized spacial score (nSPS) is 11.1. The van der Waals surface area contributed by atoms with Gasteiger partial charge in [-0.1, -0.05) is 30.3 Å². The number of aromatic nitrogens is 2. The van der Waals surface area contributed by atoms with Crippen LogP contribution in [0.4, 0.5) is 0 Å². The molecule has 0 aliphatic carbocycles. The van der Waals surface area contributed by atoms with Gasteiger partial charge in [-0.25, -0.2) is 9.97 Å². The van der Waals surface area contributed by atoms with E-state index >= 15 is 0 Å². The molecular weight excluding hydrogens is 501 g/mol. The summed E-state index contributed by atoms with van der Waals surface area (Å²) in [5.74, 6) is 0.851. The molecule has 3 aromatic rings. The molecule has 0 amide bonds. The summed E-state index contributed by atoms with van der Waals surface area (Å²) in [7, 11) is 0. The van der Waals surface area contributed by atoms with Crippen LogP contribution in [0, 0.1) is 6.92 Å². The minimum Gasteiger partial charge on any atom is -0.357 e. The first-order valence-corrected chi connectivity index (χ1v) is 10.9. The van der Waals surface area contributed by atoms with E-state index in [4.69, 9.17) is 4.98 Å². The summed E-state index contributed by atoms with van der Waals surface area (Å²) in [4.78, 5) is 15.0. The van der Waals surface area contributed by atoms with Gasteiger partial charge in [-0.15, -0.1) is 46.7 Å². The predicted molar refractivity (Wildman–Crippen MR) is 131 cm³/mol. The molecule has 28 heavy (non-hydrogen) atoms. The number of nitrogens with zero attached hydrogens (tertiary/aromatic N) is 3. The Bertz CT molecular complexity index is 860. The first-order valence-electron chi connectivity index (χ1n) is 9.18. The number of hydrogen-bond acceptors (Lipinski definition) is 5. The molecule has 0 spiro atoms. The van der Waals surface area contributed by atoms with E-state index < -0.39 is 0 Å². The van der Waals surface area contributed by atoms with Gasteiger partial charge in [-0.05, 0) is 13.8 Å². The molecule has 0 saturated heterocycles. The minimum absolute atomic E-state index is 0. The monoisotopic (exact) mass is 527 g/mol. The van der Waals surface area contributed by atoms with E-state index in [0.29, 0.717) is 0 Å². The number of nitrogens with one attached hydrogen (secondary N) is 2. The molecule has 0 saturated carbocycles. The number of rotatable bonds is 8. The number of benzene rings is 1. The number of aliphatic imine (C=N–C) groups is 1. The van der Waals surface area contributed by atoms with Crippen LogP contribution in [0.3, 0.4) is 0 Å². The molecule has 0 aliphatic rings. The van der Waals surface area contributed by atoms with Crippen molar-refractivity contribution in [1.82, 2.24) is 20.6 Å². The van der Waals surface area contributed by atoms with E-state index in [-0.39, 0.29) is 24.0 Å². The molecule has 0 aliphatic heterocycles. The fourth-order valence-corrected chi connectivity index (χ4v) is 4.20. The van der Waals surface area contributed by atoms with Gasteiger partial charge < -0.3 is 10.6 Å². The lowest BCUT2D eigenvalue weighted by atomic mass is 10.2. The minimum atomic E-state index is 0. The summed E-state index contributed by atoms with van der Waals surface area (Å²) >= 11 is 3.43. The zero-order chi connectivity index (χ0) is 18.9. The fourth-order valence-electron chi connectivity index (χ4n) is 2.57. The second-order valence-electron chi connectivity index (χ2n) is 6.06. The van der Waals surface area contributed by atoms with Crippen LogP contribution in [0.5, 0.6) is 0 Å². The van der Waals surface area contributed by atoms with Crippen molar-refractivity contribution in [3.8, 4) is 10.6 Å². The quantitative estimate of drug-likeness (QED) is 0.257. The van der Waals surface area contributed by atoms with Crippen LogP contribution in [0.25, 0.3) is 10.6 Å². The third-order valence-corrected chi connectivity index (χ3v) is 5.77. The molecule has 0 atom stereocenters. The molecule has 2 heterocycles. The number of hydrogen-bond donors (Lipinski definition) is 2. The average molecular weight is 528 g/mol. The molecule has 2 aromatic heterocycles. The van der Waals surface area contributed by atoms with Crippen molar-refractivity contribution in [2.45, 2.75) is 26.7 Å².